The predicted molar refractivity (Wildman–Crippen MR) is 84.2 cm³/mol. The van der Waals surface area contributed by atoms with Crippen molar-refractivity contribution in [2.75, 3.05) is 5.73 Å². The highest BCUT2D eigenvalue weighted by Crippen LogP contribution is 2.23. The van der Waals surface area contributed by atoms with Crippen LogP contribution in [0.5, 0.6) is 0 Å². The fourth-order valence-corrected chi connectivity index (χ4v) is 2.61. The topological polar surface area (TPSA) is 131 Å². The lowest BCUT2D eigenvalue weighted by Gasteiger charge is -2.12. The van der Waals surface area contributed by atoms with Crippen molar-refractivity contribution in [2.24, 2.45) is 0 Å². The van der Waals surface area contributed by atoms with Crippen molar-refractivity contribution < 1.29 is 19.5 Å². The Morgan fingerprint density at radius 2 is 1.79 bits per heavy atom. The van der Waals surface area contributed by atoms with Crippen molar-refractivity contribution >= 4 is 23.6 Å². The molecule has 0 atom stereocenters. The van der Waals surface area contributed by atoms with Crippen molar-refractivity contribution in [1.82, 2.24) is 9.88 Å². The van der Waals surface area contributed by atoms with Gasteiger partial charge in [0.2, 0.25) is 0 Å². The fraction of sp³-hybridized carbons (Fsp3) is 0.125. The number of pyridine rings is 1. The summed E-state index contributed by atoms with van der Waals surface area (Å²) in [5.41, 5.74) is 6.56. The highest BCUT2D eigenvalue weighted by molar-refractivity contribution is 6.23. The summed E-state index contributed by atoms with van der Waals surface area (Å²) >= 11 is 0. The van der Waals surface area contributed by atoms with Crippen LogP contribution < -0.4 is 16.6 Å². The number of aliphatic carboxylic acids is 1. The molecule has 1 aromatic heterocycles. The van der Waals surface area contributed by atoms with Gasteiger partial charge in [-0.3, -0.25) is 29.1 Å². The van der Waals surface area contributed by atoms with Crippen LogP contribution >= 0.6 is 0 Å². The largest absolute Gasteiger partial charge is 0.481 e. The van der Waals surface area contributed by atoms with Gasteiger partial charge in [0.1, 0.15) is 5.82 Å². The molecule has 1 aliphatic heterocycles. The van der Waals surface area contributed by atoms with Crippen LogP contribution in [-0.4, -0.2) is 27.5 Å². The average molecular weight is 327 g/mol. The molecule has 0 aliphatic carbocycles. The maximum atomic E-state index is 12.3. The monoisotopic (exact) mass is 327 g/mol. The van der Waals surface area contributed by atoms with Crippen LogP contribution in [0.2, 0.25) is 0 Å². The van der Waals surface area contributed by atoms with E-state index in [1.807, 2.05) is 0 Å². The average Bonchev–Trinajstić information content (AvgIpc) is 2.80. The number of anilines is 1. The molecule has 3 rings (SSSR count). The molecule has 2 amide bonds. The first-order chi connectivity index (χ1) is 11.4. The Morgan fingerprint density at radius 1 is 1.12 bits per heavy atom. The van der Waals surface area contributed by atoms with Crippen molar-refractivity contribution in [1.29, 1.82) is 0 Å². The summed E-state index contributed by atoms with van der Waals surface area (Å²) in [7, 11) is 0. The molecule has 0 fully saturated rings. The summed E-state index contributed by atoms with van der Waals surface area (Å²) < 4.78 is 1.14. The first-order valence-corrected chi connectivity index (χ1v) is 7.11. The van der Waals surface area contributed by atoms with Crippen molar-refractivity contribution in [3.05, 3.63) is 57.4 Å². The third kappa shape index (κ3) is 2.54. The number of nitrogens with one attached hydrogen (secondary N) is 1. The third-order valence-corrected chi connectivity index (χ3v) is 3.78. The van der Waals surface area contributed by atoms with Crippen molar-refractivity contribution in [2.45, 2.75) is 12.8 Å². The number of carboxylic acids is 1. The normalized spacial score (nSPS) is 12.8. The zero-order valence-electron chi connectivity index (χ0n) is 12.4. The Labute approximate surface area is 135 Å². The summed E-state index contributed by atoms with van der Waals surface area (Å²) in [6.07, 6.45) is 0.365. The number of nitrogens with zero attached hydrogens (tertiary/aromatic N) is 1. The molecular formula is C16H13N3O5. The predicted octanol–water partition coefficient (Wildman–Crippen LogP) is 0.321. The van der Waals surface area contributed by atoms with Gasteiger partial charge < -0.3 is 10.8 Å². The van der Waals surface area contributed by atoms with Gasteiger partial charge in [-0.05, 0) is 24.1 Å². The minimum absolute atomic E-state index is 0.00254. The van der Waals surface area contributed by atoms with Gasteiger partial charge in [-0.1, -0.05) is 12.1 Å². The van der Waals surface area contributed by atoms with Gasteiger partial charge in [0.25, 0.3) is 17.4 Å². The Bertz CT molecular complexity index is 928. The number of hydrogen-bond donors (Lipinski definition) is 3. The minimum Gasteiger partial charge on any atom is -0.481 e. The first-order valence-electron chi connectivity index (χ1n) is 7.11. The molecule has 0 saturated heterocycles. The summed E-state index contributed by atoms with van der Waals surface area (Å²) in [5, 5.41) is 10.8. The van der Waals surface area contributed by atoms with Gasteiger partial charge >= 0.3 is 5.97 Å². The second-order valence-electron chi connectivity index (χ2n) is 5.34. The highest BCUT2D eigenvalue weighted by atomic mass is 16.4. The molecule has 1 aromatic carbocycles. The summed E-state index contributed by atoms with van der Waals surface area (Å²) in [6.45, 7) is 0. The second kappa shape index (κ2) is 5.65. The van der Waals surface area contributed by atoms with Crippen LogP contribution in [0.1, 0.15) is 32.7 Å². The van der Waals surface area contributed by atoms with Gasteiger partial charge in [0, 0.05) is 12.5 Å². The van der Waals surface area contributed by atoms with Crippen LogP contribution in [0.15, 0.2) is 35.1 Å². The Morgan fingerprint density at radius 3 is 2.42 bits per heavy atom. The van der Waals surface area contributed by atoms with Crippen LogP contribution in [0.3, 0.4) is 0 Å². The van der Waals surface area contributed by atoms with E-state index in [9.17, 15) is 19.2 Å². The minimum atomic E-state index is -0.895. The Balaban J connectivity index is 2.03. The summed E-state index contributed by atoms with van der Waals surface area (Å²) in [5.74, 6) is -2.29. The molecule has 8 nitrogen and oxygen atoms in total. The van der Waals surface area contributed by atoms with E-state index in [1.54, 1.807) is 24.3 Å². The zero-order chi connectivity index (χ0) is 17.4. The molecule has 122 valence electrons. The Kier molecular flexibility index (Phi) is 3.64. The van der Waals surface area contributed by atoms with E-state index < -0.39 is 23.3 Å². The molecule has 2 heterocycles. The number of rotatable bonds is 4. The molecule has 0 bridgehead atoms. The van der Waals surface area contributed by atoms with Gasteiger partial charge in [-0.2, -0.15) is 0 Å². The van der Waals surface area contributed by atoms with Crippen LogP contribution in [-0.2, 0) is 11.2 Å². The van der Waals surface area contributed by atoms with E-state index in [2.05, 4.69) is 5.32 Å². The number of hydrogen-bond acceptors (Lipinski definition) is 5. The molecule has 0 unspecified atom stereocenters. The maximum Gasteiger partial charge on any atom is 0.303 e. The zero-order valence-corrected chi connectivity index (χ0v) is 12.4. The van der Waals surface area contributed by atoms with Gasteiger partial charge in [0.15, 0.2) is 0 Å². The Hall–Kier alpha value is -3.42. The standard InChI is InChI=1S/C16H13N3O5/c17-14-13-10(15(23)18-16(13)24)7-11(20)19(14)9-4-1-8(2-5-9)3-6-12(21)22/h1-2,4-5,7H,3,6,17H2,(H,21,22)(H,18,23,24). The molecule has 1 aliphatic rings. The molecule has 24 heavy (non-hydrogen) atoms. The third-order valence-electron chi connectivity index (χ3n) is 3.78. The van der Waals surface area contributed by atoms with E-state index in [0.29, 0.717) is 12.1 Å². The fourth-order valence-electron chi connectivity index (χ4n) is 2.61. The van der Waals surface area contributed by atoms with E-state index in [0.717, 1.165) is 16.2 Å². The van der Waals surface area contributed by atoms with Crippen LogP contribution in [0, 0.1) is 0 Å². The number of aromatic nitrogens is 1. The number of carbonyl (C=O) groups excluding carboxylic acids is 2. The summed E-state index contributed by atoms with van der Waals surface area (Å²) in [4.78, 5) is 46.3. The summed E-state index contributed by atoms with van der Waals surface area (Å²) in [6, 6.07) is 7.65. The van der Waals surface area contributed by atoms with E-state index >= 15 is 0 Å². The van der Waals surface area contributed by atoms with E-state index in [4.69, 9.17) is 10.8 Å². The lowest BCUT2D eigenvalue weighted by atomic mass is 10.1. The molecule has 8 heteroatoms. The van der Waals surface area contributed by atoms with Gasteiger partial charge in [0.05, 0.1) is 16.8 Å². The molecular weight excluding hydrogens is 314 g/mol. The quantitative estimate of drug-likeness (QED) is 0.693. The van der Waals surface area contributed by atoms with E-state index in [1.165, 1.54) is 0 Å². The number of benzene rings is 1. The first kappa shape index (κ1) is 15.5. The number of amides is 2. The van der Waals surface area contributed by atoms with Gasteiger partial charge in [-0.15, -0.1) is 0 Å². The molecule has 2 aromatic rings. The SMILES string of the molecule is Nc1c2c(cc(=O)n1-c1ccc(CCC(=O)O)cc1)C(=O)NC2=O. The van der Waals surface area contributed by atoms with Crippen LogP contribution in [0.4, 0.5) is 5.82 Å². The van der Waals surface area contributed by atoms with Crippen LogP contribution in [0.25, 0.3) is 5.69 Å². The number of imide groups is 1. The smallest absolute Gasteiger partial charge is 0.303 e. The number of carbonyl (C=O) groups is 3. The lowest BCUT2D eigenvalue weighted by molar-refractivity contribution is -0.136. The number of carboxylic acid groups (broad SMARTS) is 1. The van der Waals surface area contributed by atoms with Gasteiger partial charge in [-0.25, -0.2) is 0 Å². The molecule has 0 saturated carbocycles. The number of nitrogen functional groups attached to an aromatic ring is 1. The van der Waals surface area contributed by atoms with Crippen molar-refractivity contribution in [3.8, 4) is 5.69 Å². The maximum absolute atomic E-state index is 12.3. The number of fused-ring (bicyclic) bond motifs is 1. The van der Waals surface area contributed by atoms with E-state index in [-0.39, 0.29) is 23.4 Å². The highest BCUT2D eigenvalue weighted by Gasteiger charge is 2.31. The molecule has 0 radical (unpaired) electrons. The van der Waals surface area contributed by atoms with Crippen molar-refractivity contribution in [3.63, 3.8) is 0 Å². The number of nitrogens with two attached hydrogens (primary N) is 1. The second-order valence-corrected chi connectivity index (χ2v) is 5.34. The molecule has 4 N–H and O–H groups in total. The molecule has 0 spiro atoms. The lowest BCUT2D eigenvalue weighted by Crippen LogP contribution is -2.24. The number of aryl methyl sites for hydroxylation is 1.